The van der Waals surface area contributed by atoms with E-state index in [1.54, 1.807) is 4.90 Å². The molecule has 0 radical (unpaired) electrons. The zero-order valence-corrected chi connectivity index (χ0v) is 15.1. The van der Waals surface area contributed by atoms with Gasteiger partial charge in [0, 0.05) is 38.3 Å². The van der Waals surface area contributed by atoms with Gasteiger partial charge in [-0.3, -0.25) is 9.48 Å². The lowest BCUT2D eigenvalue weighted by Gasteiger charge is -2.33. The Kier molecular flexibility index (Phi) is 5.85. The minimum atomic E-state index is -0.293. The van der Waals surface area contributed by atoms with Crippen molar-refractivity contribution >= 4 is 11.9 Å². The smallest absolute Gasteiger partial charge is 0.317 e. The summed E-state index contributed by atoms with van der Waals surface area (Å²) in [5, 5.41) is 7.49. The summed E-state index contributed by atoms with van der Waals surface area (Å²) in [5.41, 5.74) is 8.61. The summed E-state index contributed by atoms with van der Waals surface area (Å²) in [6.07, 6.45) is 2.99. The van der Waals surface area contributed by atoms with Crippen molar-refractivity contribution in [2.75, 3.05) is 13.1 Å². The molecule has 1 fully saturated rings. The van der Waals surface area contributed by atoms with E-state index in [9.17, 15) is 9.59 Å². The van der Waals surface area contributed by atoms with Crippen LogP contribution in [0.25, 0.3) is 0 Å². The second-order valence-electron chi connectivity index (χ2n) is 6.95. The molecule has 0 aliphatic carbocycles. The molecule has 2 heterocycles. The van der Waals surface area contributed by atoms with Crippen molar-refractivity contribution in [3.05, 3.63) is 17.0 Å². The average Bonchev–Trinajstić information content (AvgIpc) is 2.73. The minimum Gasteiger partial charge on any atom is -0.370 e. The zero-order chi connectivity index (χ0) is 17.9. The number of nitrogens with one attached hydrogen (secondary N) is 1. The molecule has 1 aromatic heterocycles. The summed E-state index contributed by atoms with van der Waals surface area (Å²) in [6.45, 7) is 7.39. The van der Waals surface area contributed by atoms with Gasteiger partial charge in [0.1, 0.15) is 0 Å². The standard InChI is InChI=1S/C17H29N5O2/c1-11(8-15-12(2)20-21(4)13(15)3)19-17(24)22-7-5-6-14(10-22)9-16(18)23/h11,14H,5-10H2,1-4H3,(H2,18,23)(H,19,24)/t11-,14+/m1/s1. The molecule has 1 saturated heterocycles. The number of amides is 3. The number of aromatic nitrogens is 2. The van der Waals surface area contributed by atoms with E-state index in [1.807, 2.05) is 32.5 Å². The highest BCUT2D eigenvalue weighted by Gasteiger charge is 2.25. The third-order valence-corrected chi connectivity index (χ3v) is 4.84. The number of nitrogens with two attached hydrogens (primary N) is 1. The van der Waals surface area contributed by atoms with Crippen LogP contribution in [-0.4, -0.2) is 45.8 Å². The van der Waals surface area contributed by atoms with Crippen LogP contribution in [-0.2, 0) is 18.3 Å². The monoisotopic (exact) mass is 335 g/mol. The molecular formula is C17H29N5O2. The van der Waals surface area contributed by atoms with Gasteiger partial charge in [-0.25, -0.2) is 4.79 Å². The molecule has 24 heavy (non-hydrogen) atoms. The summed E-state index contributed by atoms with van der Waals surface area (Å²) < 4.78 is 1.87. The maximum absolute atomic E-state index is 12.5. The van der Waals surface area contributed by atoms with Gasteiger partial charge < -0.3 is 16.0 Å². The fourth-order valence-electron chi connectivity index (χ4n) is 3.47. The Hall–Kier alpha value is -2.05. The normalized spacial score (nSPS) is 19.2. The summed E-state index contributed by atoms with van der Waals surface area (Å²) >= 11 is 0. The van der Waals surface area contributed by atoms with Gasteiger partial charge in [-0.2, -0.15) is 5.10 Å². The van der Waals surface area contributed by atoms with Crippen molar-refractivity contribution in [2.24, 2.45) is 18.7 Å². The van der Waals surface area contributed by atoms with E-state index in [1.165, 1.54) is 5.56 Å². The van der Waals surface area contributed by atoms with Crippen LogP contribution in [0, 0.1) is 19.8 Å². The number of carbonyl (C=O) groups is 2. The molecule has 3 amide bonds. The first kappa shape index (κ1) is 18.3. The highest BCUT2D eigenvalue weighted by atomic mass is 16.2. The van der Waals surface area contributed by atoms with Crippen molar-refractivity contribution in [2.45, 2.75) is 52.5 Å². The number of hydrogen-bond donors (Lipinski definition) is 2. The van der Waals surface area contributed by atoms with E-state index in [0.29, 0.717) is 13.0 Å². The van der Waals surface area contributed by atoms with Gasteiger partial charge in [0.2, 0.25) is 5.91 Å². The molecular weight excluding hydrogens is 306 g/mol. The zero-order valence-electron chi connectivity index (χ0n) is 15.1. The van der Waals surface area contributed by atoms with Crippen LogP contribution >= 0.6 is 0 Å². The summed E-state index contributed by atoms with van der Waals surface area (Å²) in [6, 6.07) is -0.0357. The number of primary amides is 1. The first-order chi connectivity index (χ1) is 11.3. The van der Waals surface area contributed by atoms with Gasteiger partial charge in [-0.05, 0) is 51.5 Å². The molecule has 134 valence electrons. The number of nitrogens with zero attached hydrogens (tertiary/aromatic N) is 3. The van der Waals surface area contributed by atoms with E-state index in [2.05, 4.69) is 10.4 Å². The predicted octanol–water partition coefficient (Wildman–Crippen LogP) is 1.26. The van der Waals surface area contributed by atoms with Gasteiger partial charge >= 0.3 is 6.03 Å². The number of aryl methyl sites for hydroxylation is 2. The SMILES string of the molecule is Cc1nn(C)c(C)c1C[C@@H](C)NC(=O)N1CCC[C@@H](CC(N)=O)C1. The van der Waals surface area contributed by atoms with Crippen LogP contribution < -0.4 is 11.1 Å². The Balaban J connectivity index is 1.90. The van der Waals surface area contributed by atoms with Gasteiger partial charge in [0.15, 0.2) is 0 Å². The second-order valence-corrected chi connectivity index (χ2v) is 6.95. The fourth-order valence-corrected chi connectivity index (χ4v) is 3.47. The van der Waals surface area contributed by atoms with Gasteiger partial charge in [0.05, 0.1) is 5.69 Å². The summed E-state index contributed by atoms with van der Waals surface area (Å²) in [5.74, 6) is -0.113. The molecule has 0 unspecified atom stereocenters. The van der Waals surface area contributed by atoms with Crippen molar-refractivity contribution in [3.63, 3.8) is 0 Å². The molecule has 1 aromatic rings. The predicted molar refractivity (Wildman–Crippen MR) is 92.5 cm³/mol. The molecule has 0 aromatic carbocycles. The lowest BCUT2D eigenvalue weighted by atomic mass is 9.95. The summed E-state index contributed by atoms with van der Waals surface area (Å²) in [4.78, 5) is 25.4. The largest absolute Gasteiger partial charge is 0.370 e. The number of likely N-dealkylation sites (tertiary alicyclic amines) is 1. The number of hydrogen-bond acceptors (Lipinski definition) is 3. The maximum Gasteiger partial charge on any atom is 0.317 e. The molecule has 0 spiro atoms. The molecule has 0 saturated carbocycles. The van der Waals surface area contributed by atoms with Crippen LogP contribution in [0.4, 0.5) is 4.79 Å². The van der Waals surface area contributed by atoms with E-state index in [0.717, 1.165) is 37.2 Å². The first-order valence-electron chi connectivity index (χ1n) is 8.60. The van der Waals surface area contributed by atoms with E-state index < -0.39 is 0 Å². The molecule has 1 aliphatic heterocycles. The van der Waals surface area contributed by atoms with Crippen molar-refractivity contribution in [3.8, 4) is 0 Å². The number of rotatable bonds is 5. The average molecular weight is 335 g/mol. The van der Waals surface area contributed by atoms with Crippen LogP contribution in [0.5, 0.6) is 0 Å². The number of urea groups is 1. The maximum atomic E-state index is 12.5. The number of carbonyl (C=O) groups excluding carboxylic acids is 2. The van der Waals surface area contributed by atoms with Crippen LogP contribution in [0.15, 0.2) is 0 Å². The molecule has 7 heteroatoms. The number of piperidine rings is 1. The fraction of sp³-hybridized carbons (Fsp3) is 0.706. The molecule has 2 rings (SSSR count). The Morgan fingerprint density at radius 3 is 2.71 bits per heavy atom. The Labute approximate surface area is 143 Å². The molecule has 1 aliphatic rings. The van der Waals surface area contributed by atoms with Crippen LogP contribution in [0.3, 0.4) is 0 Å². The third-order valence-electron chi connectivity index (χ3n) is 4.84. The van der Waals surface area contributed by atoms with Crippen molar-refractivity contribution in [1.29, 1.82) is 0 Å². The second kappa shape index (κ2) is 7.68. The molecule has 7 nitrogen and oxygen atoms in total. The molecule has 0 bridgehead atoms. The van der Waals surface area contributed by atoms with Gasteiger partial charge in [-0.1, -0.05) is 0 Å². The van der Waals surface area contributed by atoms with E-state index in [-0.39, 0.29) is 23.9 Å². The molecule has 3 N–H and O–H groups in total. The highest BCUT2D eigenvalue weighted by molar-refractivity contribution is 5.76. The van der Waals surface area contributed by atoms with Gasteiger partial charge in [0.25, 0.3) is 0 Å². The Bertz CT molecular complexity index is 610. The van der Waals surface area contributed by atoms with Crippen molar-refractivity contribution < 1.29 is 9.59 Å². The first-order valence-corrected chi connectivity index (χ1v) is 8.60. The molecule has 2 atom stereocenters. The minimum absolute atomic E-state index is 0.0237. The Morgan fingerprint density at radius 1 is 1.42 bits per heavy atom. The lowest BCUT2D eigenvalue weighted by Crippen LogP contribution is -2.48. The third kappa shape index (κ3) is 4.49. The van der Waals surface area contributed by atoms with E-state index in [4.69, 9.17) is 5.73 Å². The Morgan fingerprint density at radius 2 is 2.12 bits per heavy atom. The van der Waals surface area contributed by atoms with Crippen LogP contribution in [0.1, 0.15) is 43.1 Å². The quantitative estimate of drug-likeness (QED) is 0.848. The van der Waals surface area contributed by atoms with Crippen molar-refractivity contribution in [1.82, 2.24) is 20.0 Å². The summed E-state index contributed by atoms with van der Waals surface area (Å²) in [7, 11) is 1.93. The van der Waals surface area contributed by atoms with Gasteiger partial charge in [-0.15, -0.1) is 0 Å². The van der Waals surface area contributed by atoms with E-state index >= 15 is 0 Å². The lowest BCUT2D eigenvalue weighted by molar-refractivity contribution is -0.119. The van der Waals surface area contributed by atoms with Crippen LogP contribution in [0.2, 0.25) is 0 Å². The topological polar surface area (TPSA) is 93.2 Å². The highest BCUT2D eigenvalue weighted by Crippen LogP contribution is 2.20.